The van der Waals surface area contributed by atoms with Gasteiger partial charge in [-0.2, -0.15) is 0 Å². The number of nitrogens with one attached hydrogen (secondary N) is 1. The van der Waals surface area contributed by atoms with E-state index < -0.39 is 0 Å². The number of ether oxygens (including phenoxy) is 2. The van der Waals surface area contributed by atoms with Gasteiger partial charge in [0, 0.05) is 12.1 Å². The maximum absolute atomic E-state index is 11.9. The molecule has 4 nitrogen and oxygen atoms in total. The van der Waals surface area contributed by atoms with Crippen molar-refractivity contribution in [1.82, 2.24) is 5.32 Å². The Morgan fingerprint density at radius 3 is 2.80 bits per heavy atom. The maximum Gasteiger partial charge on any atom is 0.258 e. The molecular formula is C15H20BrNO3. The number of benzene rings is 1. The molecule has 0 bridgehead atoms. The van der Waals surface area contributed by atoms with Crippen LogP contribution < -0.4 is 14.8 Å². The molecule has 110 valence electrons. The zero-order chi connectivity index (χ0) is 14.4. The largest absolute Gasteiger partial charge is 0.497 e. The van der Waals surface area contributed by atoms with E-state index in [0.717, 1.165) is 17.3 Å². The summed E-state index contributed by atoms with van der Waals surface area (Å²) in [5.74, 6) is 1.26. The van der Waals surface area contributed by atoms with Gasteiger partial charge < -0.3 is 14.8 Å². The van der Waals surface area contributed by atoms with Gasteiger partial charge >= 0.3 is 0 Å². The van der Waals surface area contributed by atoms with Crippen molar-refractivity contribution in [3.8, 4) is 11.5 Å². The molecule has 1 aromatic carbocycles. The maximum atomic E-state index is 11.9. The van der Waals surface area contributed by atoms with E-state index in [1.807, 2.05) is 12.1 Å². The molecule has 5 heteroatoms. The smallest absolute Gasteiger partial charge is 0.258 e. The van der Waals surface area contributed by atoms with Crippen LogP contribution in [0.25, 0.3) is 0 Å². The molecule has 1 aromatic rings. The number of carbonyl (C=O) groups excluding carboxylic acids is 1. The Balaban J connectivity index is 1.83. The Morgan fingerprint density at radius 2 is 2.10 bits per heavy atom. The van der Waals surface area contributed by atoms with Gasteiger partial charge in [0.2, 0.25) is 0 Å². The third-order valence-electron chi connectivity index (χ3n) is 3.47. The van der Waals surface area contributed by atoms with Crippen molar-refractivity contribution in [1.29, 1.82) is 0 Å². The van der Waals surface area contributed by atoms with Gasteiger partial charge in [0.15, 0.2) is 6.61 Å². The predicted molar refractivity (Wildman–Crippen MR) is 81.2 cm³/mol. The molecule has 0 atom stereocenters. The predicted octanol–water partition coefficient (Wildman–Crippen LogP) is 3.29. The molecule has 0 unspecified atom stereocenters. The molecule has 1 saturated carbocycles. The summed E-state index contributed by atoms with van der Waals surface area (Å²) >= 11 is 3.40. The van der Waals surface area contributed by atoms with Gasteiger partial charge in [0.25, 0.3) is 5.91 Å². The summed E-state index contributed by atoms with van der Waals surface area (Å²) in [5, 5.41) is 3.03. The summed E-state index contributed by atoms with van der Waals surface area (Å²) < 4.78 is 11.5. The van der Waals surface area contributed by atoms with Crippen LogP contribution in [0.1, 0.15) is 32.1 Å². The van der Waals surface area contributed by atoms with E-state index >= 15 is 0 Å². The standard InChI is InChI=1S/C15H20BrNO3/c1-19-12-7-8-13(16)14(9-12)20-10-15(18)17-11-5-3-2-4-6-11/h7-9,11H,2-6,10H2,1H3,(H,17,18). The first-order valence-corrected chi connectivity index (χ1v) is 7.74. The van der Waals surface area contributed by atoms with E-state index in [-0.39, 0.29) is 12.5 Å². The highest BCUT2D eigenvalue weighted by molar-refractivity contribution is 9.10. The molecule has 1 fully saturated rings. The topological polar surface area (TPSA) is 47.6 Å². The van der Waals surface area contributed by atoms with Crippen molar-refractivity contribution >= 4 is 21.8 Å². The van der Waals surface area contributed by atoms with Crippen LogP contribution in [-0.2, 0) is 4.79 Å². The van der Waals surface area contributed by atoms with E-state index in [1.165, 1.54) is 19.3 Å². The lowest BCUT2D eigenvalue weighted by molar-refractivity contribution is -0.124. The van der Waals surface area contributed by atoms with Crippen molar-refractivity contribution in [3.05, 3.63) is 22.7 Å². The summed E-state index contributed by atoms with van der Waals surface area (Å²) in [6.45, 7) is 0.0300. The van der Waals surface area contributed by atoms with Crippen LogP contribution in [-0.4, -0.2) is 25.7 Å². The van der Waals surface area contributed by atoms with E-state index in [1.54, 1.807) is 13.2 Å². The van der Waals surface area contributed by atoms with Crippen molar-refractivity contribution in [3.63, 3.8) is 0 Å². The van der Waals surface area contributed by atoms with Gasteiger partial charge in [0.05, 0.1) is 11.6 Å². The van der Waals surface area contributed by atoms with E-state index in [0.29, 0.717) is 17.5 Å². The van der Waals surface area contributed by atoms with Crippen LogP contribution in [0.4, 0.5) is 0 Å². The zero-order valence-electron chi connectivity index (χ0n) is 11.7. The summed E-state index contributed by atoms with van der Waals surface area (Å²) in [4.78, 5) is 11.9. The number of hydrogen-bond donors (Lipinski definition) is 1. The molecule has 0 spiro atoms. The van der Waals surface area contributed by atoms with Crippen LogP contribution in [0.5, 0.6) is 11.5 Å². The fourth-order valence-electron chi connectivity index (χ4n) is 2.38. The highest BCUT2D eigenvalue weighted by Crippen LogP contribution is 2.29. The number of methoxy groups -OCH3 is 1. The summed E-state index contributed by atoms with van der Waals surface area (Å²) in [6.07, 6.45) is 5.84. The molecule has 2 rings (SSSR count). The lowest BCUT2D eigenvalue weighted by Crippen LogP contribution is -2.39. The van der Waals surface area contributed by atoms with Gasteiger partial charge in [-0.1, -0.05) is 19.3 Å². The summed E-state index contributed by atoms with van der Waals surface area (Å²) in [6, 6.07) is 5.75. The fourth-order valence-corrected chi connectivity index (χ4v) is 2.74. The molecule has 1 aliphatic carbocycles. The Hall–Kier alpha value is -1.23. The van der Waals surface area contributed by atoms with Crippen molar-refractivity contribution in [2.75, 3.05) is 13.7 Å². The average molecular weight is 342 g/mol. The van der Waals surface area contributed by atoms with Gasteiger partial charge in [-0.3, -0.25) is 4.79 Å². The normalized spacial score (nSPS) is 15.7. The Labute approximate surface area is 128 Å². The molecule has 0 saturated heterocycles. The molecule has 20 heavy (non-hydrogen) atoms. The Bertz CT molecular complexity index is 458. The van der Waals surface area contributed by atoms with Crippen molar-refractivity contribution in [2.45, 2.75) is 38.1 Å². The third kappa shape index (κ3) is 4.40. The first kappa shape index (κ1) is 15.2. The number of halogens is 1. The minimum Gasteiger partial charge on any atom is -0.497 e. The van der Waals surface area contributed by atoms with Crippen LogP contribution in [0, 0.1) is 0 Å². The molecule has 1 N–H and O–H groups in total. The van der Waals surface area contributed by atoms with Crippen LogP contribution in [0.15, 0.2) is 22.7 Å². The lowest BCUT2D eigenvalue weighted by Gasteiger charge is -2.22. The van der Waals surface area contributed by atoms with Crippen molar-refractivity contribution in [2.24, 2.45) is 0 Å². The molecule has 0 aromatic heterocycles. The van der Waals surface area contributed by atoms with E-state index in [2.05, 4.69) is 21.2 Å². The van der Waals surface area contributed by atoms with Gasteiger partial charge in [-0.05, 0) is 40.9 Å². The second-order valence-electron chi connectivity index (χ2n) is 4.99. The number of rotatable bonds is 5. The molecular weight excluding hydrogens is 322 g/mol. The quantitative estimate of drug-likeness (QED) is 0.893. The Morgan fingerprint density at radius 1 is 1.35 bits per heavy atom. The van der Waals surface area contributed by atoms with E-state index in [9.17, 15) is 4.79 Å². The summed E-state index contributed by atoms with van der Waals surface area (Å²) in [7, 11) is 1.60. The van der Waals surface area contributed by atoms with Gasteiger partial charge in [-0.15, -0.1) is 0 Å². The molecule has 0 heterocycles. The van der Waals surface area contributed by atoms with Crippen molar-refractivity contribution < 1.29 is 14.3 Å². The van der Waals surface area contributed by atoms with E-state index in [4.69, 9.17) is 9.47 Å². The SMILES string of the molecule is COc1ccc(Br)c(OCC(=O)NC2CCCCC2)c1. The first-order valence-electron chi connectivity index (χ1n) is 6.95. The summed E-state index contributed by atoms with van der Waals surface area (Å²) in [5.41, 5.74) is 0. The zero-order valence-corrected chi connectivity index (χ0v) is 13.2. The third-order valence-corrected chi connectivity index (χ3v) is 4.12. The number of carbonyl (C=O) groups is 1. The monoisotopic (exact) mass is 341 g/mol. The fraction of sp³-hybridized carbons (Fsp3) is 0.533. The molecule has 0 radical (unpaired) electrons. The first-order chi connectivity index (χ1) is 9.69. The number of hydrogen-bond acceptors (Lipinski definition) is 3. The molecule has 1 aliphatic rings. The molecule has 1 amide bonds. The minimum atomic E-state index is -0.0633. The average Bonchev–Trinajstić information content (AvgIpc) is 2.47. The van der Waals surface area contributed by atoms with Crippen LogP contribution >= 0.6 is 15.9 Å². The second-order valence-corrected chi connectivity index (χ2v) is 5.84. The van der Waals surface area contributed by atoms with Crippen LogP contribution in [0.2, 0.25) is 0 Å². The minimum absolute atomic E-state index is 0.0300. The highest BCUT2D eigenvalue weighted by Gasteiger charge is 2.16. The second kappa shape index (κ2) is 7.53. The number of amides is 1. The highest BCUT2D eigenvalue weighted by atomic mass is 79.9. The lowest BCUT2D eigenvalue weighted by atomic mass is 9.95. The van der Waals surface area contributed by atoms with Crippen LogP contribution in [0.3, 0.4) is 0 Å². The Kier molecular flexibility index (Phi) is 5.71. The van der Waals surface area contributed by atoms with Gasteiger partial charge in [0.1, 0.15) is 11.5 Å². The van der Waals surface area contributed by atoms with Gasteiger partial charge in [-0.25, -0.2) is 0 Å². The molecule has 0 aliphatic heterocycles.